The summed E-state index contributed by atoms with van der Waals surface area (Å²) < 4.78 is 7.11. The maximum Gasteiger partial charge on any atom is 0.261 e. The lowest BCUT2D eigenvalue weighted by Gasteiger charge is -2.34. The Morgan fingerprint density at radius 2 is 1.77 bits per heavy atom. The normalized spacial score (nSPS) is 19.5. The van der Waals surface area contributed by atoms with E-state index in [-0.39, 0.29) is 17.5 Å². The highest BCUT2D eigenvalue weighted by Crippen LogP contribution is 2.23. The van der Waals surface area contributed by atoms with Gasteiger partial charge in [0, 0.05) is 37.4 Å². The maximum absolute atomic E-state index is 13.2. The third-order valence-corrected chi connectivity index (χ3v) is 6.26. The lowest BCUT2D eigenvalue weighted by Crippen LogP contribution is -2.43. The molecule has 0 N–H and O–H groups in total. The Morgan fingerprint density at radius 3 is 2.58 bits per heavy atom. The number of aromatic nitrogens is 2. The summed E-state index contributed by atoms with van der Waals surface area (Å²) >= 11 is 0. The molecule has 0 saturated carbocycles. The van der Waals surface area contributed by atoms with E-state index in [4.69, 9.17) is 4.74 Å². The first-order chi connectivity index (χ1) is 15.2. The van der Waals surface area contributed by atoms with Gasteiger partial charge in [0.1, 0.15) is 0 Å². The van der Waals surface area contributed by atoms with Crippen molar-refractivity contribution >= 4 is 22.5 Å². The summed E-state index contributed by atoms with van der Waals surface area (Å²) in [6.45, 7) is 4.43. The lowest BCUT2D eigenvalue weighted by molar-refractivity contribution is 0.0677. The van der Waals surface area contributed by atoms with Gasteiger partial charge in [-0.25, -0.2) is 4.98 Å². The molecule has 2 aromatic carbocycles. The van der Waals surface area contributed by atoms with Crippen molar-refractivity contribution in [3.05, 3.63) is 70.8 Å². The molecule has 3 aromatic rings. The van der Waals surface area contributed by atoms with Crippen molar-refractivity contribution in [2.45, 2.75) is 18.9 Å². The first-order valence-electron chi connectivity index (χ1n) is 10.9. The van der Waals surface area contributed by atoms with Gasteiger partial charge in [-0.1, -0.05) is 12.1 Å². The van der Waals surface area contributed by atoms with E-state index in [9.17, 15) is 9.59 Å². The molecule has 2 aliphatic rings. The minimum Gasteiger partial charge on any atom is -0.378 e. The van der Waals surface area contributed by atoms with E-state index in [2.05, 4.69) is 9.88 Å². The van der Waals surface area contributed by atoms with Crippen LogP contribution in [0.15, 0.2) is 59.7 Å². The van der Waals surface area contributed by atoms with E-state index in [1.807, 2.05) is 53.4 Å². The number of anilines is 1. The fourth-order valence-electron chi connectivity index (χ4n) is 4.53. The van der Waals surface area contributed by atoms with E-state index in [0.717, 1.165) is 44.8 Å². The second-order valence-corrected chi connectivity index (χ2v) is 8.17. The molecule has 2 saturated heterocycles. The molecule has 2 aliphatic heterocycles. The fourth-order valence-corrected chi connectivity index (χ4v) is 4.53. The highest BCUT2D eigenvalue weighted by molar-refractivity contribution is 5.94. The molecule has 1 atom stereocenters. The zero-order valence-corrected chi connectivity index (χ0v) is 17.4. The van der Waals surface area contributed by atoms with Crippen molar-refractivity contribution in [1.82, 2.24) is 14.5 Å². The van der Waals surface area contributed by atoms with Gasteiger partial charge in [-0.15, -0.1) is 0 Å². The lowest BCUT2D eigenvalue weighted by atomic mass is 10.0. The molecule has 5 rings (SSSR count). The molecule has 2 fully saturated rings. The molecule has 7 heteroatoms. The van der Waals surface area contributed by atoms with Crippen molar-refractivity contribution < 1.29 is 9.53 Å². The van der Waals surface area contributed by atoms with Crippen molar-refractivity contribution in [3.8, 4) is 0 Å². The van der Waals surface area contributed by atoms with Crippen molar-refractivity contribution in [2.75, 3.05) is 44.3 Å². The molecule has 0 radical (unpaired) electrons. The SMILES string of the molecule is O=C(c1ccc(N2CCOCC2)cc1)N1CCC[C@H](n2cnc3ccccc3c2=O)C1. The molecule has 3 heterocycles. The number of amides is 1. The number of para-hydroxylation sites is 1. The van der Waals surface area contributed by atoms with Crippen molar-refractivity contribution in [3.63, 3.8) is 0 Å². The van der Waals surface area contributed by atoms with E-state index in [1.165, 1.54) is 0 Å². The van der Waals surface area contributed by atoms with Gasteiger partial charge in [-0.3, -0.25) is 14.2 Å². The second kappa shape index (κ2) is 8.51. The molecule has 1 aromatic heterocycles. The molecular weight excluding hydrogens is 392 g/mol. The second-order valence-electron chi connectivity index (χ2n) is 8.17. The number of benzene rings is 2. The molecule has 0 unspecified atom stereocenters. The van der Waals surface area contributed by atoms with Gasteiger partial charge >= 0.3 is 0 Å². The summed E-state index contributed by atoms with van der Waals surface area (Å²) in [7, 11) is 0. The van der Waals surface area contributed by atoms with Gasteiger partial charge in [0.05, 0.1) is 36.5 Å². The minimum atomic E-state index is -0.0603. The Kier molecular flexibility index (Phi) is 5.42. The summed E-state index contributed by atoms with van der Waals surface area (Å²) in [5.41, 5.74) is 2.46. The molecule has 0 bridgehead atoms. The Bertz CT molecular complexity index is 1140. The van der Waals surface area contributed by atoms with Crippen LogP contribution in [0, 0.1) is 0 Å². The summed E-state index contributed by atoms with van der Waals surface area (Å²) in [5, 5.41) is 0.618. The summed E-state index contributed by atoms with van der Waals surface area (Å²) in [6, 6.07) is 15.2. The number of hydrogen-bond donors (Lipinski definition) is 0. The third kappa shape index (κ3) is 3.93. The van der Waals surface area contributed by atoms with Gasteiger partial charge in [0.25, 0.3) is 11.5 Å². The van der Waals surface area contributed by atoms with Crippen molar-refractivity contribution in [1.29, 1.82) is 0 Å². The Hall–Kier alpha value is -3.19. The first-order valence-corrected chi connectivity index (χ1v) is 10.9. The van der Waals surface area contributed by atoms with Crippen LogP contribution < -0.4 is 10.5 Å². The van der Waals surface area contributed by atoms with E-state index >= 15 is 0 Å². The summed E-state index contributed by atoms with van der Waals surface area (Å²) in [5.74, 6) is 0.0139. The number of likely N-dealkylation sites (tertiary alicyclic amines) is 1. The molecule has 7 nitrogen and oxygen atoms in total. The first kappa shape index (κ1) is 19.8. The smallest absolute Gasteiger partial charge is 0.261 e. The van der Waals surface area contributed by atoms with Gasteiger partial charge in [-0.05, 0) is 49.2 Å². The zero-order valence-electron chi connectivity index (χ0n) is 17.4. The average Bonchev–Trinajstić information content (AvgIpc) is 2.85. The third-order valence-electron chi connectivity index (χ3n) is 6.26. The number of nitrogens with zero attached hydrogens (tertiary/aromatic N) is 4. The molecule has 0 spiro atoms. The number of ether oxygens (including phenoxy) is 1. The molecule has 0 aliphatic carbocycles. The number of carbonyl (C=O) groups excluding carboxylic acids is 1. The van der Waals surface area contributed by atoms with Crippen LogP contribution in [0.1, 0.15) is 29.2 Å². The molecule has 31 heavy (non-hydrogen) atoms. The molecule has 1 amide bonds. The van der Waals surface area contributed by atoms with Crippen molar-refractivity contribution in [2.24, 2.45) is 0 Å². The van der Waals surface area contributed by atoms with Crippen LogP contribution in [0.3, 0.4) is 0 Å². The number of fused-ring (bicyclic) bond motifs is 1. The maximum atomic E-state index is 13.2. The molecule has 160 valence electrons. The van der Waals surface area contributed by atoms with Gasteiger partial charge in [0.15, 0.2) is 0 Å². The Labute approximate surface area is 180 Å². The quantitative estimate of drug-likeness (QED) is 0.654. The predicted octanol–water partition coefficient (Wildman–Crippen LogP) is 2.71. The van der Waals surface area contributed by atoms with E-state index in [0.29, 0.717) is 29.6 Å². The average molecular weight is 418 g/mol. The van der Waals surface area contributed by atoms with Gasteiger partial charge in [0.2, 0.25) is 0 Å². The van der Waals surface area contributed by atoms with Crippen LogP contribution in [0.2, 0.25) is 0 Å². The zero-order chi connectivity index (χ0) is 21.2. The predicted molar refractivity (Wildman–Crippen MR) is 120 cm³/mol. The van der Waals surface area contributed by atoms with E-state index < -0.39 is 0 Å². The topological polar surface area (TPSA) is 67.7 Å². The Balaban J connectivity index is 1.33. The number of morpholine rings is 1. The Morgan fingerprint density at radius 1 is 1.00 bits per heavy atom. The largest absolute Gasteiger partial charge is 0.378 e. The van der Waals surface area contributed by atoms with Crippen LogP contribution in [0.25, 0.3) is 10.9 Å². The van der Waals surface area contributed by atoms with Gasteiger partial charge in [-0.2, -0.15) is 0 Å². The summed E-state index contributed by atoms with van der Waals surface area (Å²) in [6.07, 6.45) is 3.35. The van der Waals surface area contributed by atoms with Crippen LogP contribution >= 0.6 is 0 Å². The van der Waals surface area contributed by atoms with Crippen LogP contribution in [0.4, 0.5) is 5.69 Å². The highest BCUT2D eigenvalue weighted by Gasteiger charge is 2.26. The number of piperidine rings is 1. The van der Waals surface area contributed by atoms with Gasteiger partial charge < -0.3 is 14.5 Å². The highest BCUT2D eigenvalue weighted by atomic mass is 16.5. The van der Waals surface area contributed by atoms with Crippen LogP contribution in [-0.4, -0.2) is 59.8 Å². The van der Waals surface area contributed by atoms with Crippen LogP contribution in [0.5, 0.6) is 0 Å². The molecular formula is C24H26N4O3. The standard InChI is InChI=1S/C24H26N4O3/c29-23(18-7-9-19(10-8-18)26-12-14-31-15-13-26)27-11-3-4-20(16-27)28-17-25-22-6-2-1-5-21(22)24(28)30/h1-2,5-10,17,20H,3-4,11-16H2/t20-/m0/s1. The van der Waals surface area contributed by atoms with Crippen LogP contribution in [-0.2, 0) is 4.74 Å². The minimum absolute atomic E-state index is 0.0139. The number of carbonyl (C=O) groups is 1. The fraction of sp³-hybridized carbons (Fsp3) is 0.375. The van der Waals surface area contributed by atoms with E-state index in [1.54, 1.807) is 10.9 Å². The number of rotatable bonds is 3. The number of hydrogen-bond acceptors (Lipinski definition) is 5. The summed E-state index contributed by atoms with van der Waals surface area (Å²) in [4.78, 5) is 34.7. The monoisotopic (exact) mass is 418 g/mol.